The fraction of sp³-hybridized carbons (Fsp3) is 0.0526. The summed E-state index contributed by atoms with van der Waals surface area (Å²) in [5.74, 6) is 0.233. The first kappa shape index (κ1) is 17.6. The molecule has 2 N–H and O–H groups in total. The van der Waals surface area contributed by atoms with Crippen molar-refractivity contribution in [2.45, 2.75) is 4.90 Å². The number of hydrogen-bond acceptors (Lipinski definition) is 5. The molecule has 6 nitrogen and oxygen atoms in total. The summed E-state index contributed by atoms with van der Waals surface area (Å²) in [4.78, 5) is 4.51. The standard InChI is InChI=1S/C19H15N3O3S/c1-25-19-15(12-20)11-17(18(22-19)14-5-3-2-4-6-14)13-7-9-16(10-8-13)26(21,23)24/h2-11H,1H3,(H2,21,23,24). The molecule has 1 heterocycles. The number of nitriles is 1. The van der Waals surface area contributed by atoms with Crippen molar-refractivity contribution >= 4 is 10.0 Å². The fourth-order valence-corrected chi connectivity index (χ4v) is 3.11. The molecular formula is C19H15N3O3S. The van der Waals surface area contributed by atoms with Gasteiger partial charge in [0.25, 0.3) is 0 Å². The molecule has 130 valence electrons. The van der Waals surface area contributed by atoms with E-state index < -0.39 is 10.0 Å². The van der Waals surface area contributed by atoms with Crippen molar-refractivity contribution in [3.05, 3.63) is 66.2 Å². The van der Waals surface area contributed by atoms with Crippen molar-refractivity contribution in [3.8, 4) is 34.3 Å². The summed E-state index contributed by atoms with van der Waals surface area (Å²) < 4.78 is 28.1. The van der Waals surface area contributed by atoms with Gasteiger partial charge >= 0.3 is 0 Å². The lowest BCUT2D eigenvalue weighted by molar-refractivity contribution is 0.397. The van der Waals surface area contributed by atoms with E-state index >= 15 is 0 Å². The first-order chi connectivity index (χ1) is 12.4. The van der Waals surface area contributed by atoms with Crippen molar-refractivity contribution in [1.82, 2.24) is 4.98 Å². The number of sulfonamides is 1. The highest BCUT2D eigenvalue weighted by Gasteiger charge is 2.16. The highest BCUT2D eigenvalue weighted by Crippen LogP contribution is 2.34. The monoisotopic (exact) mass is 365 g/mol. The molecule has 3 rings (SSSR count). The minimum absolute atomic E-state index is 0.0180. The normalized spacial score (nSPS) is 11.0. The van der Waals surface area contributed by atoms with Gasteiger partial charge in [-0.05, 0) is 23.8 Å². The molecule has 0 bridgehead atoms. The Labute approximate surface area is 151 Å². The van der Waals surface area contributed by atoms with Crippen LogP contribution in [0.25, 0.3) is 22.4 Å². The maximum atomic E-state index is 11.5. The number of aromatic nitrogens is 1. The van der Waals surface area contributed by atoms with Crippen LogP contribution in [0.3, 0.4) is 0 Å². The van der Waals surface area contributed by atoms with Gasteiger partial charge < -0.3 is 4.74 Å². The quantitative estimate of drug-likeness (QED) is 0.765. The molecule has 0 spiro atoms. The minimum atomic E-state index is -3.78. The van der Waals surface area contributed by atoms with Crippen molar-refractivity contribution in [2.24, 2.45) is 5.14 Å². The second-order valence-corrected chi connectivity index (χ2v) is 7.05. The molecule has 0 radical (unpaired) electrons. The van der Waals surface area contributed by atoms with Gasteiger partial charge in [0.15, 0.2) is 0 Å². The van der Waals surface area contributed by atoms with Crippen LogP contribution >= 0.6 is 0 Å². The van der Waals surface area contributed by atoms with Gasteiger partial charge in [0, 0.05) is 11.1 Å². The van der Waals surface area contributed by atoms with Gasteiger partial charge in [-0.2, -0.15) is 5.26 Å². The van der Waals surface area contributed by atoms with E-state index in [0.717, 1.165) is 5.56 Å². The molecule has 7 heteroatoms. The van der Waals surface area contributed by atoms with Crippen LogP contribution in [0.2, 0.25) is 0 Å². The number of nitrogens with zero attached hydrogens (tertiary/aromatic N) is 2. The lowest BCUT2D eigenvalue weighted by Crippen LogP contribution is -2.11. The van der Waals surface area contributed by atoms with Crippen molar-refractivity contribution in [3.63, 3.8) is 0 Å². The zero-order chi connectivity index (χ0) is 18.7. The Kier molecular flexibility index (Phi) is 4.71. The molecule has 0 saturated carbocycles. The van der Waals surface area contributed by atoms with E-state index in [4.69, 9.17) is 9.88 Å². The van der Waals surface area contributed by atoms with Crippen molar-refractivity contribution in [2.75, 3.05) is 7.11 Å². The molecule has 0 aliphatic heterocycles. The summed E-state index contributed by atoms with van der Waals surface area (Å²) in [7, 11) is -2.32. The molecule has 3 aromatic rings. The average Bonchev–Trinajstić information content (AvgIpc) is 2.67. The van der Waals surface area contributed by atoms with Gasteiger partial charge in [-0.1, -0.05) is 42.5 Å². The van der Waals surface area contributed by atoms with E-state index in [2.05, 4.69) is 11.1 Å². The molecule has 2 aromatic carbocycles. The average molecular weight is 365 g/mol. The van der Waals surface area contributed by atoms with Gasteiger partial charge in [-0.3, -0.25) is 0 Å². The zero-order valence-electron chi connectivity index (χ0n) is 13.9. The van der Waals surface area contributed by atoms with Crippen LogP contribution in [-0.4, -0.2) is 20.5 Å². The van der Waals surface area contributed by atoms with Crippen LogP contribution in [0.5, 0.6) is 5.88 Å². The van der Waals surface area contributed by atoms with Gasteiger partial charge in [-0.15, -0.1) is 0 Å². The number of benzene rings is 2. The molecule has 0 fully saturated rings. The van der Waals surface area contributed by atoms with E-state index in [-0.39, 0.29) is 16.3 Å². The van der Waals surface area contributed by atoms with E-state index in [1.54, 1.807) is 18.2 Å². The number of ether oxygens (including phenoxy) is 1. The van der Waals surface area contributed by atoms with Gasteiger partial charge in [0.05, 0.1) is 17.7 Å². The third-order valence-electron chi connectivity index (χ3n) is 3.84. The number of nitrogens with two attached hydrogens (primary N) is 1. The first-order valence-corrected chi connectivity index (χ1v) is 9.16. The number of pyridine rings is 1. The lowest BCUT2D eigenvalue weighted by atomic mass is 9.98. The molecular weight excluding hydrogens is 350 g/mol. The van der Waals surface area contributed by atoms with E-state index in [0.29, 0.717) is 16.8 Å². The van der Waals surface area contributed by atoms with Crippen LogP contribution in [-0.2, 0) is 10.0 Å². The van der Waals surface area contributed by atoms with Crippen LogP contribution in [0.4, 0.5) is 0 Å². The largest absolute Gasteiger partial charge is 0.480 e. The predicted octanol–water partition coefficient (Wildman–Crippen LogP) is 2.94. The maximum absolute atomic E-state index is 11.5. The molecule has 1 aromatic heterocycles. The molecule has 0 saturated heterocycles. The van der Waals surface area contributed by atoms with Gasteiger partial charge in [0.1, 0.15) is 11.6 Å². The lowest BCUT2D eigenvalue weighted by Gasteiger charge is -2.13. The number of methoxy groups -OCH3 is 1. The third kappa shape index (κ3) is 3.42. The van der Waals surface area contributed by atoms with Crippen LogP contribution in [0.15, 0.2) is 65.6 Å². The Hall–Kier alpha value is -3.21. The molecule has 0 amide bonds. The number of primary sulfonamides is 1. The Morgan fingerprint density at radius 2 is 1.69 bits per heavy atom. The molecule has 0 unspecified atom stereocenters. The summed E-state index contributed by atoms with van der Waals surface area (Å²) in [6.07, 6.45) is 0. The van der Waals surface area contributed by atoms with E-state index in [1.807, 2.05) is 30.3 Å². The Morgan fingerprint density at radius 3 is 2.23 bits per heavy atom. The highest BCUT2D eigenvalue weighted by molar-refractivity contribution is 7.89. The van der Waals surface area contributed by atoms with Crippen LogP contribution in [0, 0.1) is 11.3 Å². The van der Waals surface area contributed by atoms with E-state index in [9.17, 15) is 13.7 Å². The zero-order valence-corrected chi connectivity index (χ0v) is 14.7. The summed E-state index contributed by atoms with van der Waals surface area (Å²) >= 11 is 0. The topological polar surface area (TPSA) is 106 Å². The maximum Gasteiger partial charge on any atom is 0.238 e. The Morgan fingerprint density at radius 1 is 1.04 bits per heavy atom. The fourth-order valence-electron chi connectivity index (χ4n) is 2.59. The Bertz CT molecular complexity index is 1090. The van der Waals surface area contributed by atoms with Gasteiger partial charge in [0.2, 0.25) is 15.9 Å². The highest BCUT2D eigenvalue weighted by atomic mass is 32.2. The summed E-state index contributed by atoms with van der Waals surface area (Å²) in [6.45, 7) is 0. The first-order valence-electron chi connectivity index (χ1n) is 7.62. The van der Waals surface area contributed by atoms with Crippen molar-refractivity contribution in [1.29, 1.82) is 5.26 Å². The van der Waals surface area contributed by atoms with Crippen LogP contribution in [0.1, 0.15) is 5.56 Å². The number of rotatable bonds is 4. The summed E-state index contributed by atoms with van der Waals surface area (Å²) in [5, 5.41) is 14.5. The second-order valence-electron chi connectivity index (χ2n) is 5.49. The molecule has 0 atom stereocenters. The van der Waals surface area contributed by atoms with E-state index in [1.165, 1.54) is 19.2 Å². The molecule has 0 aliphatic rings. The Balaban J connectivity index is 2.24. The molecule has 26 heavy (non-hydrogen) atoms. The summed E-state index contributed by atoms with van der Waals surface area (Å²) in [5.41, 5.74) is 3.17. The molecule has 0 aliphatic carbocycles. The van der Waals surface area contributed by atoms with Gasteiger partial charge in [-0.25, -0.2) is 18.5 Å². The SMILES string of the molecule is COc1nc(-c2ccccc2)c(-c2ccc(S(N)(=O)=O)cc2)cc1C#N. The second kappa shape index (κ2) is 6.96. The summed E-state index contributed by atoms with van der Waals surface area (Å²) in [6, 6.07) is 19.3. The third-order valence-corrected chi connectivity index (χ3v) is 4.77. The minimum Gasteiger partial charge on any atom is -0.480 e. The smallest absolute Gasteiger partial charge is 0.238 e. The predicted molar refractivity (Wildman–Crippen MR) is 97.7 cm³/mol. The van der Waals surface area contributed by atoms with Crippen LogP contribution < -0.4 is 9.88 Å². The van der Waals surface area contributed by atoms with Crippen molar-refractivity contribution < 1.29 is 13.2 Å². The number of hydrogen-bond donors (Lipinski definition) is 1.